The van der Waals surface area contributed by atoms with Gasteiger partial charge in [-0.15, -0.1) is 0 Å². The van der Waals surface area contributed by atoms with E-state index >= 15 is 0 Å². The fourth-order valence-electron chi connectivity index (χ4n) is 3.34. The zero-order valence-corrected chi connectivity index (χ0v) is 18.7. The minimum Gasteiger partial charge on any atom is -0.376 e. The summed E-state index contributed by atoms with van der Waals surface area (Å²) in [4.78, 5) is 0. The fourth-order valence-corrected chi connectivity index (χ4v) is 3.87. The lowest BCUT2D eigenvalue weighted by Gasteiger charge is -2.30. The molecule has 27 heavy (non-hydrogen) atoms. The van der Waals surface area contributed by atoms with Crippen LogP contribution in [0, 0.1) is 5.41 Å². The maximum absolute atomic E-state index is 6.16. The van der Waals surface area contributed by atoms with Gasteiger partial charge in [0.2, 0.25) is 0 Å². The Hall–Kier alpha value is -1.42. The summed E-state index contributed by atoms with van der Waals surface area (Å²) in [6.07, 6.45) is 1.95. The Kier molecular flexibility index (Phi) is 7.28. The molecule has 140 valence electrons. The van der Waals surface area contributed by atoms with E-state index in [4.69, 9.17) is 4.74 Å². The normalized spacial score (nSPS) is 11.5. The van der Waals surface area contributed by atoms with Crippen LogP contribution in [0.15, 0.2) is 87.8 Å². The summed E-state index contributed by atoms with van der Waals surface area (Å²) < 4.78 is 8.38. The van der Waals surface area contributed by atoms with Crippen molar-refractivity contribution in [1.29, 1.82) is 0 Å². The van der Waals surface area contributed by atoms with E-state index in [2.05, 4.69) is 112 Å². The lowest BCUT2D eigenvalue weighted by atomic mass is 9.79. The molecular formula is C24H24Br2O. The summed E-state index contributed by atoms with van der Waals surface area (Å²) in [6.45, 7) is 3.69. The van der Waals surface area contributed by atoms with E-state index in [1.165, 1.54) is 16.7 Å². The Morgan fingerprint density at radius 1 is 0.667 bits per heavy atom. The van der Waals surface area contributed by atoms with Crippen molar-refractivity contribution in [1.82, 2.24) is 0 Å². The Labute approximate surface area is 179 Å². The third-order valence-corrected chi connectivity index (χ3v) is 5.71. The summed E-state index contributed by atoms with van der Waals surface area (Å²) >= 11 is 7.05. The molecule has 0 unspecified atom stereocenters. The summed E-state index contributed by atoms with van der Waals surface area (Å²) in [5.41, 5.74) is 3.91. The van der Waals surface area contributed by atoms with Gasteiger partial charge in [-0.3, -0.25) is 0 Å². The maximum atomic E-state index is 6.16. The van der Waals surface area contributed by atoms with Crippen LogP contribution in [0.4, 0.5) is 0 Å². The lowest BCUT2D eigenvalue weighted by molar-refractivity contribution is 0.0422. The van der Waals surface area contributed by atoms with E-state index in [1.807, 2.05) is 6.07 Å². The Balaban J connectivity index is 1.71. The average molecular weight is 488 g/mol. The van der Waals surface area contributed by atoms with Gasteiger partial charge in [0.1, 0.15) is 0 Å². The molecule has 0 aromatic heterocycles. The number of rotatable bonds is 8. The van der Waals surface area contributed by atoms with E-state index in [0.29, 0.717) is 13.2 Å². The van der Waals surface area contributed by atoms with Crippen LogP contribution in [0.1, 0.15) is 23.6 Å². The highest BCUT2D eigenvalue weighted by atomic mass is 79.9. The van der Waals surface area contributed by atoms with Gasteiger partial charge in [0, 0.05) is 8.95 Å². The summed E-state index contributed by atoms with van der Waals surface area (Å²) in [7, 11) is 0. The van der Waals surface area contributed by atoms with Crippen LogP contribution in [-0.4, -0.2) is 6.61 Å². The van der Waals surface area contributed by atoms with E-state index in [-0.39, 0.29) is 5.41 Å². The van der Waals surface area contributed by atoms with Gasteiger partial charge in [-0.2, -0.15) is 0 Å². The predicted molar refractivity (Wildman–Crippen MR) is 120 cm³/mol. The molecule has 3 rings (SSSR count). The van der Waals surface area contributed by atoms with Crippen LogP contribution >= 0.6 is 31.9 Å². The van der Waals surface area contributed by atoms with Crippen LogP contribution in [0.25, 0.3) is 0 Å². The minimum atomic E-state index is 0.0242. The molecule has 0 fully saturated rings. The molecular weight excluding hydrogens is 464 g/mol. The monoisotopic (exact) mass is 486 g/mol. The van der Waals surface area contributed by atoms with Gasteiger partial charge in [0.05, 0.1) is 13.2 Å². The Morgan fingerprint density at radius 3 is 1.63 bits per heavy atom. The van der Waals surface area contributed by atoms with Crippen LogP contribution in [0.5, 0.6) is 0 Å². The van der Waals surface area contributed by atoms with Crippen molar-refractivity contribution in [2.75, 3.05) is 6.61 Å². The van der Waals surface area contributed by atoms with E-state index in [1.54, 1.807) is 0 Å². The second-order valence-corrected chi connectivity index (χ2v) is 9.23. The number of halogens is 2. The fraction of sp³-hybridized carbons (Fsp3) is 0.250. The minimum absolute atomic E-state index is 0.0242. The molecule has 0 aliphatic heterocycles. The van der Waals surface area contributed by atoms with Crippen molar-refractivity contribution in [3.8, 4) is 0 Å². The summed E-state index contributed by atoms with van der Waals surface area (Å²) in [5, 5.41) is 0. The van der Waals surface area contributed by atoms with Crippen LogP contribution in [0.3, 0.4) is 0 Å². The molecule has 0 spiro atoms. The van der Waals surface area contributed by atoms with Gasteiger partial charge in [-0.1, -0.05) is 93.4 Å². The SMILES string of the molecule is CC(COCc1ccccc1)(Cc1ccc(Br)cc1)Cc1ccc(Br)cc1. The number of hydrogen-bond donors (Lipinski definition) is 0. The number of hydrogen-bond acceptors (Lipinski definition) is 1. The van der Waals surface area contributed by atoms with Gasteiger partial charge < -0.3 is 4.74 Å². The highest BCUT2D eigenvalue weighted by molar-refractivity contribution is 9.10. The smallest absolute Gasteiger partial charge is 0.0717 e. The topological polar surface area (TPSA) is 9.23 Å². The molecule has 0 atom stereocenters. The molecule has 0 bridgehead atoms. The maximum Gasteiger partial charge on any atom is 0.0717 e. The first-order valence-electron chi connectivity index (χ1n) is 9.13. The molecule has 3 heteroatoms. The lowest BCUT2D eigenvalue weighted by Crippen LogP contribution is -2.29. The van der Waals surface area contributed by atoms with Gasteiger partial charge in [-0.05, 0) is 59.2 Å². The molecule has 0 heterocycles. The molecule has 0 aliphatic rings. The molecule has 3 aromatic carbocycles. The van der Waals surface area contributed by atoms with Crippen molar-refractivity contribution in [2.24, 2.45) is 5.41 Å². The zero-order valence-electron chi connectivity index (χ0n) is 15.5. The van der Waals surface area contributed by atoms with Crippen LogP contribution < -0.4 is 0 Å². The standard InChI is InChI=1S/C24H24Br2O/c1-24(15-19-7-11-22(25)12-8-19,16-20-9-13-23(26)14-10-20)18-27-17-21-5-3-2-4-6-21/h2-14H,15-18H2,1H3. The van der Waals surface area contributed by atoms with E-state index < -0.39 is 0 Å². The first kappa shape index (κ1) is 20.3. The second kappa shape index (κ2) is 9.68. The van der Waals surface area contributed by atoms with Crippen molar-refractivity contribution in [3.05, 3.63) is 104 Å². The highest BCUT2D eigenvalue weighted by Crippen LogP contribution is 2.29. The molecule has 0 radical (unpaired) electrons. The molecule has 0 saturated heterocycles. The Morgan fingerprint density at radius 2 is 1.15 bits per heavy atom. The average Bonchev–Trinajstić information content (AvgIpc) is 2.66. The number of ether oxygens (including phenoxy) is 1. The van der Waals surface area contributed by atoms with Crippen LogP contribution in [-0.2, 0) is 24.2 Å². The van der Waals surface area contributed by atoms with Gasteiger partial charge in [0.25, 0.3) is 0 Å². The Bertz CT molecular complexity index is 779. The third-order valence-electron chi connectivity index (χ3n) is 4.65. The molecule has 1 nitrogen and oxygen atoms in total. The summed E-state index contributed by atoms with van der Waals surface area (Å²) in [6, 6.07) is 27.6. The molecule has 3 aromatic rings. The van der Waals surface area contributed by atoms with Crippen molar-refractivity contribution in [2.45, 2.75) is 26.4 Å². The predicted octanol–water partition coefficient (Wildman–Crippen LogP) is 7.22. The van der Waals surface area contributed by atoms with Crippen LogP contribution in [0.2, 0.25) is 0 Å². The van der Waals surface area contributed by atoms with Gasteiger partial charge >= 0.3 is 0 Å². The van der Waals surface area contributed by atoms with Crippen molar-refractivity contribution in [3.63, 3.8) is 0 Å². The first-order valence-corrected chi connectivity index (χ1v) is 10.7. The van der Waals surface area contributed by atoms with Crippen molar-refractivity contribution < 1.29 is 4.74 Å². The summed E-state index contributed by atoms with van der Waals surface area (Å²) in [5.74, 6) is 0. The highest BCUT2D eigenvalue weighted by Gasteiger charge is 2.26. The zero-order chi connectivity index (χ0) is 19.1. The second-order valence-electron chi connectivity index (χ2n) is 7.40. The largest absolute Gasteiger partial charge is 0.376 e. The van der Waals surface area contributed by atoms with Gasteiger partial charge in [0.15, 0.2) is 0 Å². The first-order chi connectivity index (χ1) is 13.0. The molecule has 0 aliphatic carbocycles. The van der Waals surface area contributed by atoms with E-state index in [9.17, 15) is 0 Å². The molecule has 0 N–H and O–H groups in total. The molecule has 0 amide bonds. The van der Waals surface area contributed by atoms with E-state index in [0.717, 1.165) is 21.8 Å². The number of benzene rings is 3. The molecule has 0 saturated carbocycles. The quantitative estimate of drug-likeness (QED) is 0.326. The third kappa shape index (κ3) is 6.60. The van der Waals surface area contributed by atoms with Crippen molar-refractivity contribution >= 4 is 31.9 Å². The van der Waals surface area contributed by atoms with Gasteiger partial charge in [-0.25, -0.2) is 0 Å².